The van der Waals surface area contributed by atoms with E-state index in [4.69, 9.17) is 4.74 Å². The van der Waals surface area contributed by atoms with E-state index in [1.54, 1.807) is 34.8 Å². The van der Waals surface area contributed by atoms with Gasteiger partial charge in [-0.1, -0.05) is 6.07 Å². The fourth-order valence-electron chi connectivity index (χ4n) is 3.33. The first kappa shape index (κ1) is 19.3. The molecule has 1 amide bonds. The van der Waals surface area contributed by atoms with E-state index < -0.39 is 11.5 Å². The van der Waals surface area contributed by atoms with Gasteiger partial charge in [0.15, 0.2) is 5.60 Å². The second kappa shape index (κ2) is 7.66. The summed E-state index contributed by atoms with van der Waals surface area (Å²) in [7, 11) is 0. The number of hydrogen-bond acceptors (Lipinski definition) is 5. The molecule has 0 saturated carbocycles. The van der Waals surface area contributed by atoms with Crippen molar-refractivity contribution in [2.24, 2.45) is 0 Å². The zero-order valence-electron chi connectivity index (χ0n) is 16.0. The fraction of sp³-hybridized carbons (Fsp3) is 0.526. The van der Waals surface area contributed by atoms with Gasteiger partial charge in [-0.3, -0.25) is 14.3 Å². The summed E-state index contributed by atoms with van der Waals surface area (Å²) >= 11 is 0. The highest BCUT2D eigenvalue weighted by molar-refractivity contribution is 5.84. The molecule has 27 heavy (non-hydrogen) atoms. The first-order valence-corrected chi connectivity index (χ1v) is 9.05. The average Bonchev–Trinajstić information content (AvgIpc) is 3.02. The second-order valence-corrected chi connectivity index (χ2v) is 7.35. The highest BCUT2D eigenvalue weighted by Gasteiger charge is 2.37. The smallest absolute Gasteiger partial charge is 0.256 e. The second-order valence-electron chi connectivity index (χ2n) is 7.35. The number of morpholine rings is 1. The first-order chi connectivity index (χ1) is 12.8. The van der Waals surface area contributed by atoms with Crippen LogP contribution in [-0.2, 0) is 22.6 Å². The molecule has 0 aliphatic carbocycles. The highest BCUT2D eigenvalue weighted by atomic mass is 16.5. The average molecular weight is 374 g/mol. The van der Waals surface area contributed by atoms with Gasteiger partial charge in [0, 0.05) is 31.0 Å². The first-order valence-electron chi connectivity index (χ1n) is 9.05. The highest BCUT2D eigenvalue weighted by Crippen LogP contribution is 2.16. The van der Waals surface area contributed by atoms with Crippen LogP contribution in [0.1, 0.15) is 18.2 Å². The Morgan fingerprint density at radius 2 is 2.19 bits per heavy atom. The summed E-state index contributed by atoms with van der Waals surface area (Å²) in [6.45, 7) is 6.83. The molecule has 3 rings (SSSR count). The molecule has 2 aromatic heterocycles. The molecule has 0 spiro atoms. The molecular formula is C19H26N4O4. The molecule has 3 heterocycles. The van der Waals surface area contributed by atoms with Gasteiger partial charge in [0.2, 0.25) is 0 Å². The summed E-state index contributed by atoms with van der Waals surface area (Å²) in [6.07, 6.45) is 3.50. The Bertz CT molecular complexity index is 871. The number of pyridine rings is 1. The Morgan fingerprint density at radius 3 is 2.85 bits per heavy atom. The zero-order chi connectivity index (χ0) is 19.6. The molecule has 1 saturated heterocycles. The number of aryl methyl sites for hydroxylation is 2. The van der Waals surface area contributed by atoms with Gasteiger partial charge in [0.05, 0.1) is 32.0 Å². The van der Waals surface area contributed by atoms with E-state index in [1.165, 1.54) is 17.6 Å². The van der Waals surface area contributed by atoms with Gasteiger partial charge in [-0.05, 0) is 32.4 Å². The Labute approximate surface area is 158 Å². The van der Waals surface area contributed by atoms with Crippen molar-refractivity contribution in [3.05, 3.63) is 52.2 Å². The van der Waals surface area contributed by atoms with Crippen LogP contribution in [0.15, 0.2) is 35.4 Å². The molecule has 0 bridgehead atoms. The van der Waals surface area contributed by atoms with Crippen molar-refractivity contribution in [3.8, 4) is 0 Å². The molecule has 1 aliphatic rings. The quantitative estimate of drug-likeness (QED) is 0.815. The molecule has 1 aliphatic heterocycles. The van der Waals surface area contributed by atoms with Crippen molar-refractivity contribution in [1.29, 1.82) is 0 Å². The Morgan fingerprint density at radius 1 is 1.41 bits per heavy atom. The number of aromatic nitrogens is 3. The Hall–Kier alpha value is -2.45. The Balaban J connectivity index is 1.68. The molecule has 8 nitrogen and oxygen atoms in total. The lowest BCUT2D eigenvalue weighted by molar-refractivity contribution is -0.158. The van der Waals surface area contributed by atoms with Crippen LogP contribution in [0.25, 0.3) is 0 Å². The van der Waals surface area contributed by atoms with Crippen molar-refractivity contribution in [1.82, 2.24) is 19.2 Å². The third-order valence-corrected chi connectivity index (χ3v) is 4.77. The minimum atomic E-state index is -1.68. The van der Waals surface area contributed by atoms with E-state index in [0.717, 1.165) is 5.56 Å². The number of rotatable bonds is 5. The predicted molar refractivity (Wildman–Crippen MR) is 99.3 cm³/mol. The third-order valence-electron chi connectivity index (χ3n) is 4.77. The molecule has 146 valence electrons. The van der Waals surface area contributed by atoms with Crippen LogP contribution in [-0.4, -0.2) is 61.7 Å². The maximum absolute atomic E-state index is 12.9. The number of hydrogen-bond donors (Lipinski definition) is 1. The van der Waals surface area contributed by atoms with E-state index in [2.05, 4.69) is 5.10 Å². The van der Waals surface area contributed by atoms with E-state index in [0.29, 0.717) is 31.9 Å². The topological polar surface area (TPSA) is 89.6 Å². The third kappa shape index (κ3) is 4.45. The Kier molecular flexibility index (Phi) is 5.48. The summed E-state index contributed by atoms with van der Waals surface area (Å²) < 4.78 is 8.96. The lowest BCUT2D eigenvalue weighted by Crippen LogP contribution is -2.56. The molecule has 1 N–H and O–H groups in total. The zero-order valence-corrected chi connectivity index (χ0v) is 16.0. The molecule has 1 fully saturated rings. The molecule has 2 unspecified atom stereocenters. The molecule has 0 aromatic carbocycles. The summed E-state index contributed by atoms with van der Waals surface area (Å²) in [5.74, 6) is -0.400. The van der Waals surface area contributed by atoms with Crippen molar-refractivity contribution < 1.29 is 14.6 Å². The summed E-state index contributed by atoms with van der Waals surface area (Å²) in [4.78, 5) is 26.6. The van der Waals surface area contributed by atoms with Gasteiger partial charge in [0.25, 0.3) is 11.5 Å². The standard InChI is InChI=1S/C19H26N4O4/c1-14-9-20-22(10-14)12-16-11-21(7-8-27-16)18(25)19(3,26)13-23-15(2)5-4-6-17(23)24/h4-6,9-10,16,26H,7-8,11-13H2,1-3H3. The SMILES string of the molecule is Cc1cnn(CC2CN(C(=O)C(C)(O)Cn3c(C)cccc3=O)CCO2)c1. The van der Waals surface area contributed by atoms with Gasteiger partial charge >= 0.3 is 0 Å². The van der Waals surface area contributed by atoms with Crippen LogP contribution in [0.3, 0.4) is 0 Å². The molecule has 0 radical (unpaired) electrons. The normalized spacial score (nSPS) is 19.7. The van der Waals surface area contributed by atoms with Gasteiger partial charge in [-0.2, -0.15) is 5.10 Å². The minimum absolute atomic E-state index is 0.0856. The largest absolute Gasteiger partial charge is 0.378 e. The molecule has 2 aromatic rings. The number of carbonyl (C=O) groups excluding carboxylic acids is 1. The van der Waals surface area contributed by atoms with Gasteiger partial charge in [-0.15, -0.1) is 0 Å². The van der Waals surface area contributed by atoms with Crippen LogP contribution >= 0.6 is 0 Å². The van der Waals surface area contributed by atoms with Crippen molar-refractivity contribution in [2.45, 2.75) is 45.6 Å². The van der Waals surface area contributed by atoms with Gasteiger partial charge in [-0.25, -0.2) is 0 Å². The number of aliphatic hydroxyl groups is 1. The molecule has 8 heteroatoms. The van der Waals surface area contributed by atoms with Crippen LogP contribution in [0, 0.1) is 13.8 Å². The number of carbonyl (C=O) groups is 1. The van der Waals surface area contributed by atoms with Crippen molar-refractivity contribution >= 4 is 5.91 Å². The maximum Gasteiger partial charge on any atom is 0.256 e. The van der Waals surface area contributed by atoms with Crippen molar-refractivity contribution in [3.63, 3.8) is 0 Å². The maximum atomic E-state index is 12.9. The predicted octanol–water partition coefficient (Wildman–Crippen LogP) is 0.340. The number of nitrogens with zero attached hydrogens (tertiary/aromatic N) is 4. The fourth-order valence-corrected chi connectivity index (χ4v) is 3.33. The van der Waals surface area contributed by atoms with Gasteiger partial charge < -0.3 is 19.3 Å². The minimum Gasteiger partial charge on any atom is -0.378 e. The summed E-state index contributed by atoms with van der Waals surface area (Å²) in [5, 5.41) is 15.1. The number of ether oxygens (including phenoxy) is 1. The van der Waals surface area contributed by atoms with E-state index in [1.807, 2.05) is 13.1 Å². The van der Waals surface area contributed by atoms with E-state index in [-0.39, 0.29) is 18.2 Å². The van der Waals surface area contributed by atoms with E-state index >= 15 is 0 Å². The van der Waals surface area contributed by atoms with Crippen LogP contribution in [0.4, 0.5) is 0 Å². The molecular weight excluding hydrogens is 348 g/mol. The van der Waals surface area contributed by atoms with Crippen LogP contribution in [0.2, 0.25) is 0 Å². The van der Waals surface area contributed by atoms with Crippen LogP contribution in [0.5, 0.6) is 0 Å². The van der Waals surface area contributed by atoms with Crippen molar-refractivity contribution in [2.75, 3.05) is 19.7 Å². The lowest BCUT2D eigenvalue weighted by Gasteiger charge is -2.37. The van der Waals surface area contributed by atoms with E-state index in [9.17, 15) is 14.7 Å². The van der Waals surface area contributed by atoms with Crippen LogP contribution < -0.4 is 5.56 Å². The number of amides is 1. The lowest BCUT2D eigenvalue weighted by atomic mass is 10.0. The monoisotopic (exact) mass is 374 g/mol. The summed E-state index contributed by atoms with van der Waals surface area (Å²) in [5.41, 5.74) is -0.160. The van der Waals surface area contributed by atoms with Gasteiger partial charge in [0.1, 0.15) is 0 Å². The molecule has 2 atom stereocenters. The summed E-state index contributed by atoms with van der Waals surface area (Å²) in [6, 6.07) is 4.86.